The molecule has 0 aromatic heterocycles. The predicted octanol–water partition coefficient (Wildman–Crippen LogP) is 0.714. The molecule has 2 amide bonds. The second-order valence-corrected chi connectivity index (χ2v) is 3.25. The van der Waals surface area contributed by atoms with Gasteiger partial charge < -0.3 is 15.7 Å². The smallest absolute Gasteiger partial charge is 0.314 e. The number of hydrogen-bond acceptors (Lipinski definition) is 2. The Morgan fingerprint density at radius 3 is 2.69 bits per heavy atom. The number of nitrogens with one attached hydrogen (secondary N) is 2. The van der Waals surface area contributed by atoms with Gasteiger partial charge in [-0.1, -0.05) is 13.8 Å². The van der Waals surface area contributed by atoms with E-state index in [1.54, 1.807) is 0 Å². The van der Waals surface area contributed by atoms with Crippen molar-refractivity contribution < 1.29 is 9.90 Å². The molecule has 1 atom stereocenters. The van der Waals surface area contributed by atoms with E-state index in [0.29, 0.717) is 19.0 Å². The summed E-state index contributed by atoms with van der Waals surface area (Å²) < 4.78 is 0. The van der Waals surface area contributed by atoms with E-state index in [2.05, 4.69) is 10.6 Å². The Morgan fingerprint density at radius 2 is 2.15 bits per heavy atom. The predicted molar refractivity (Wildman–Crippen MR) is 52.6 cm³/mol. The summed E-state index contributed by atoms with van der Waals surface area (Å²) in [4.78, 5) is 11.0. The lowest BCUT2D eigenvalue weighted by Crippen LogP contribution is -2.38. The highest BCUT2D eigenvalue weighted by Gasteiger charge is 2.03. The summed E-state index contributed by atoms with van der Waals surface area (Å²) in [5, 5.41) is 14.1. The largest absolute Gasteiger partial charge is 0.396 e. The van der Waals surface area contributed by atoms with Crippen molar-refractivity contribution in [2.45, 2.75) is 26.7 Å². The van der Waals surface area contributed by atoms with Gasteiger partial charge in [0.1, 0.15) is 0 Å². The fraction of sp³-hybridized carbons (Fsp3) is 0.889. The van der Waals surface area contributed by atoms with Gasteiger partial charge in [-0.3, -0.25) is 0 Å². The first-order valence-electron chi connectivity index (χ1n) is 4.83. The average molecular weight is 188 g/mol. The summed E-state index contributed by atoms with van der Waals surface area (Å²) in [6, 6.07) is -0.119. The van der Waals surface area contributed by atoms with E-state index in [4.69, 9.17) is 5.11 Å². The Bertz CT molecular complexity index is 140. The molecular formula is C9H20N2O2. The van der Waals surface area contributed by atoms with Gasteiger partial charge in [0.2, 0.25) is 0 Å². The van der Waals surface area contributed by atoms with Crippen LogP contribution in [0.4, 0.5) is 4.79 Å². The van der Waals surface area contributed by atoms with Gasteiger partial charge in [0.05, 0.1) is 0 Å². The molecule has 0 rings (SSSR count). The zero-order chi connectivity index (χ0) is 10.1. The fourth-order valence-corrected chi connectivity index (χ4v) is 0.890. The molecule has 4 nitrogen and oxygen atoms in total. The van der Waals surface area contributed by atoms with E-state index >= 15 is 0 Å². The summed E-state index contributed by atoms with van der Waals surface area (Å²) in [7, 11) is 0. The highest BCUT2D eigenvalue weighted by Crippen LogP contribution is 1.97. The van der Waals surface area contributed by atoms with Crippen molar-refractivity contribution in [3.8, 4) is 0 Å². The Kier molecular flexibility index (Phi) is 7.39. The van der Waals surface area contributed by atoms with Crippen molar-refractivity contribution in [3.63, 3.8) is 0 Å². The normalized spacial score (nSPS) is 12.2. The van der Waals surface area contributed by atoms with Crippen LogP contribution in [0.1, 0.15) is 26.7 Å². The maximum atomic E-state index is 11.0. The number of carbonyl (C=O) groups excluding carboxylic acids is 1. The van der Waals surface area contributed by atoms with Crippen molar-refractivity contribution in [2.24, 2.45) is 5.92 Å². The third kappa shape index (κ3) is 7.59. The van der Waals surface area contributed by atoms with Crippen LogP contribution in [-0.2, 0) is 0 Å². The molecule has 3 N–H and O–H groups in total. The zero-order valence-electron chi connectivity index (χ0n) is 8.47. The van der Waals surface area contributed by atoms with Crippen molar-refractivity contribution in [1.82, 2.24) is 10.6 Å². The summed E-state index contributed by atoms with van der Waals surface area (Å²) in [5.74, 6) is 0.331. The van der Waals surface area contributed by atoms with E-state index < -0.39 is 0 Å². The van der Waals surface area contributed by atoms with Gasteiger partial charge in [-0.25, -0.2) is 4.79 Å². The number of carbonyl (C=O) groups is 1. The first-order chi connectivity index (χ1) is 6.20. The summed E-state index contributed by atoms with van der Waals surface area (Å²) >= 11 is 0. The number of aliphatic hydroxyl groups is 1. The third-order valence-electron chi connectivity index (χ3n) is 1.77. The maximum absolute atomic E-state index is 11.0. The molecule has 0 aromatic rings. The molecule has 0 aliphatic heterocycles. The van der Waals surface area contributed by atoms with Gasteiger partial charge in [0, 0.05) is 19.7 Å². The molecular weight excluding hydrogens is 168 g/mol. The van der Waals surface area contributed by atoms with Gasteiger partial charge in [-0.05, 0) is 18.8 Å². The molecule has 0 saturated carbocycles. The lowest BCUT2D eigenvalue weighted by Gasteiger charge is -2.11. The van der Waals surface area contributed by atoms with E-state index in [9.17, 15) is 4.79 Å². The molecule has 0 aliphatic carbocycles. The van der Waals surface area contributed by atoms with E-state index in [1.807, 2.05) is 13.8 Å². The molecule has 0 spiro atoms. The maximum Gasteiger partial charge on any atom is 0.314 e. The monoisotopic (exact) mass is 188 g/mol. The topological polar surface area (TPSA) is 61.4 Å². The Hall–Kier alpha value is -0.770. The first kappa shape index (κ1) is 12.2. The van der Waals surface area contributed by atoms with Gasteiger partial charge in [0.25, 0.3) is 0 Å². The fourth-order valence-electron chi connectivity index (χ4n) is 0.890. The van der Waals surface area contributed by atoms with Gasteiger partial charge in [-0.15, -0.1) is 0 Å². The molecule has 4 heteroatoms. The van der Waals surface area contributed by atoms with Crippen molar-refractivity contribution in [3.05, 3.63) is 0 Å². The zero-order valence-corrected chi connectivity index (χ0v) is 8.47. The van der Waals surface area contributed by atoms with E-state index in [1.165, 1.54) is 0 Å². The van der Waals surface area contributed by atoms with Crippen LogP contribution in [0, 0.1) is 5.92 Å². The Balaban J connectivity index is 3.34. The van der Waals surface area contributed by atoms with Crippen LogP contribution in [0.25, 0.3) is 0 Å². The molecule has 0 aromatic carbocycles. The first-order valence-corrected chi connectivity index (χ1v) is 4.83. The number of rotatable bonds is 6. The Labute approximate surface area is 79.7 Å². The minimum atomic E-state index is -0.119. The number of amides is 2. The lowest BCUT2D eigenvalue weighted by atomic mass is 10.1. The van der Waals surface area contributed by atoms with Crippen molar-refractivity contribution in [1.29, 1.82) is 0 Å². The number of urea groups is 1. The summed E-state index contributed by atoms with van der Waals surface area (Å²) in [6.07, 6.45) is 1.67. The van der Waals surface area contributed by atoms with E-state index in [0.717, 1.165) is 12.8 Å². The van der Waals surface area contributed by atoms with Crippen LogP contribution in [0.5, 0.6) is 0 Å². The SMILES string of the molecule is CCCNC(=O)NCC(C)CCO. The highest BCUT2D eigenvalue weighted by molar-refractivity contribution is 5.73. The molecule has 0 bridgehead atoms. The molecule has 0 aliphatic rings. The van der Waals surface area contributed by atoms with Gasteiger partial charge in [0.15, 0.2) is 0 Å². The minimum absolute atomic E-state index is 0.119. The molecule has 0 saturated heterocycles. The van der Waals surface area contributed by atoms with Crippen LogP contribution in [0.2, 0.25) is 0 Å². The minimum Gasteiger partial charge on any atom is -0.396 e. The van der Waals surface area contributed by atoms with Crippen LogP contribution < -0.4 is 10.6 Å². The molecule has 0 radical (unpaired) electrons. The van der Waals surface area contributed by atoms with Crippen LogP contribution in [0.3, 0.4) is 0 Å². The standard InChI is InChI=1S/C9H20N2O2/c1-3-5-10-9(13)11-7-8(2)4-6-12/h8,12H,3-7H2,1-2H3,(H2,10,11,13). The van der Waals surface area contributed by atoms with Crippen LogP contribution in [0.15, 0.2) is 0 Å². The van der Waals surface area contributed by atoms with Crippen LogP contribution in [-0.4, -0.2) is 30.8 Å². The van der Waals surface area contributed by atoms with E-state index in [-0.39, 0.29) is 12.6 Å². The van der Waals surface area contributed by atoms with Crippen LogP contribution >= 0.6 is 0 Å². The van der Waals surface area contributed by atoms with Gasteiger partial charge >= 0.3 is 6.03 Å². The number of aliphatic hydroxyl groups excluding tert-OH is 1. The second-order valence-electron chi connectivity index (χ2n) is 3.25. The highest BCUT2D eigenvalue weighted by atomic mass is 16.3. The quantitative estimate of drug-likeness (QED) is 0.575. The number of hydrogen-bond donors (Lipinski definition) is 3. The van der Waals surface area contributed by atoms with Gasteiger partial charge in [-0.2, -0.15) is 0 Å². The average Bonchev–Trinajstić information content (AvgIpc) is 2.12. The molecule has 13 heavy (non-hydrogen) atoms. The lowest BCUT2D eigenvalue weighted by molar-refractivity contribution is 0.234. The second kappa shape index (κ2) is 7.86. The van der Waals surface area contributed by atoms with Crippen molar-refractivity contribution >= 4 is 6.03 Å². The van der Waals surface area contributed by atoms with Crippen molar-refractivity contribution in [2.75, 3.05) is 19.7 Å². The molecule has 78 valence electrons. The molecule has 0 fully saturated rings. The third-order valence-corrected chi connectivity index (χ3v) is 1.77. The molecule has 0 heterocycles. The molecule has 1 unspecified atom stereocenters. The Morgan fingerprint density at radius 1 is 1.46 bits per heavy atom. The summed E-state index contributed by atoms with van der Waals surface area (Å²) in [5.41, 5.74) is 0. The summed E-state index contributed by atoms with van der Waals surface area (Å²) in [6.45, 7) is 5.51.